The first kappa shape index (κ1) is 12.8. The molecule has 0 saturated heterocycles. The molecular formula is C16H17FO. The summed E-state index contributed by atoms with van der Waals surface area (Å²) in [6.07, 6.45) is 0.981. The summed E-state index contributed by atoms with van der Waals surface area (Å²) in [5.41, 5.74) is 3.12. The molecule has 1 nitrogen and oxygen atoms in total. The van der Waals surface area contributed by atoms with Crippen LogP contribution in [-0.2, 0) is 12.8 Å². The van der Waals surface area contributed by atoms with Gasteiger partial charge in [-0.1, -0.05) is 43.3 Å². The number of hydrogen-bond acceptors (Lipinski definition) is 1. The van der Waals surface area contributed by atoms with Gasteiger partial charge in [-0.2, -0.15) is 0 Å². The van der Waals surface area contributed by atoms with Crippen molar-refractivity contribution in [1.82, 2.24) is 0 Å². The molecule has 0 fully saturated rings. The summed E-state index contributed by atoms with van der Waals surface area (Å²) < 4.78 is 12.8. The summed E-state index contributed by atoms with van der Waals surface area (Å²) in [5, 5.41) is 10.1. The summed E-state index contributed by atoms with van der Waals surface area (Å²) in [5.74, 6) is -0.279. The van der Waals surface area contributed by atoms with E-state index >= 15 is 0 Å². The first-order valence-corrected chi connectivity index (χ1v) is 6.20. The second-order valence-electron chi connectivity index (χ2n) is 4.44. The van der Waals surface area contributed by atoms with Crippen LogP contribution in [0.15, 0.2) is 48.5 Å². The predicted molar refractivity (Wildman–Crippen MR) is 70.9 cm³/mol. The van der Waals surface area contributed by atoms with Crippen molar-refractivity contribution in [2.24, 2.45) is 0 Å². The Morgan fingerprint density at radius 1 is 0.944 bits per heavy atom. The third-order valence-corrected chi connectivity index (χ3v) is 3.12. The van der Waals surface area contributed by atoms with Gasteiger partial charge in [-0.3, -0.25) is 0 Å². The number of hydrogen-bond donors (Lipinski definition) is 1. The van der Waals surface area contributed by atoms with Crippen LogP contribution in [0.5, 0.6) is 0 Å². The van der Waals surface area contributed by atoms with Crippen LogP contribution in [-0.4, -0.2) is 5.11 Å². The minimum atomic E-state index is -0.585. The Morgan fingerprint density at radius 2 is 1.50 bits per heavy atom. The lowest BCUT2D eigenvalue weighted by atomic mass is 10.0. The van der Waals surface area contributed by atoms with Crippen molar-refractivity contribution in [3.8, 4) is 0 Å². The monoisotopic (exact) mass is 244 g/mol. The molecule has 0 aliphatic carbocycles. The van der Waals surface area contributed by atoms with E-state index in [1.165, 1.54) is 17.7 Å². The molecule has 18 heavy (non-hydrogen) atoms. The van der Waals surface area contributed by atoms with E-state index in [1.54, 1.807) is 12.1 Å². The van der Waals surface area contributed by atoms with Crippen LogP contribution in [0.25, 0.3) is 0 Å². The molecule has 0 aliphatic heterocycles. The highest BCUT2D eigenvalue weighted by Gasteiger charge is 2.08. The molecule has 0 bridgehead atoms. The zero-order chi connectivity index (χ0) is 13.0. The van der Waals surface area contributed by atoms with E-state index < -0.39 is 6.10 Å². The number of aryl methyl sites for hydroxylation is 1. The Morgan fingerprint density at radius 3 is 2.06 bits per heavy atom. The standard InChI is InChI=1S/C16H17FO/c1-2-12-3-5-13(6-4-12)11-16(18)14-7-9-15(17)10-8-14/h3-10,16,18H,2,11H2,1H3. The number of rotatable bonds is 4. The Kier molecular flexibility index (Phi) is 4.11. The van der Waals surface area contributed by atoms with E-state index in [4.69, 9.17) is 0 Å². The molecule has 0 aliphatic rings. The topological polar surface area (TPSA) is 20.2 Å². The van der Waals surface area contributed by atoms with Gasteiger partial charge in [0.2, 0.25) is 0 Å². The molecule has 0 amide bonds. The van der Waals surface area contributed by atoms with Gasteiger partial charge in [0.1, 0.15) is 5.82 Å². The van der Waals surface area contributed by atoms with Crippen molar-refractivity contribution < 1.29 is 9.50 Å². The molecule has 1 atom stereocenters. The molecule has 1 N–H and O–H groups in total. The smallest absolute Gasteiger partial charge is 0.123 e. The first-order valence-electron chi connectivity index (χ1n) is 6.20. The Bertz CT molecular complexity index is 488. The molecule has 2 heteroatoms. The highest BCUT2D eigenvalue weighted by molar-refractivity contribution is 5.25. The Hall–Kier alpha value is -1.67. The number of benzene rings is 2. The minimum Gasteiger partial charge on any atom is -0.388 e. The van der Waals surface area contributed by atoms with Crippen molar-refractivity contribution in [2.75, 3.05) is 0 Å². The maximum Gasteiger partial charge on any atom is 0.123 e. The number of aliphatic hydroxyl groups excluding tert-OH is 1. The van der Waals surface area contributed by atoms with Gasteiger partial charge in [-0.05, 0) is 35.2 Å². The highest BCUT2D eigenvalue weighted by Crippen LogP contribution is 2.19. The zero-order valence-electron chi connectivity index (χ0n) is 10.4. The van der Waals surface area contributed by atoms with Gasteiger partial charge in [0, 0.05) is 6.42 Å². The van der Waals surface area contributed by atoms with E-state index in [2.05, 4.69) is 19.1 Å². The fourth-order valence-electron chi connectivity index (χ4n) is 1.94. The maximum atomic E-state index is 12.8. The molecule has 0 heterocycles. The van der Waals surface area contributed by atoms with Crippen LogP contribution in [0.4, 0.5) is 4.39 Å². The molecule has 0 radical (unpaired) electrons. The van der Waals surface area contributed by atoms with Crippen molar-refractivity contribution in [1.29, 1.82) is 0 Å². The largest absolute Gasteiger partial charge is 0.388 e. The quantitative estimate of drug-likeness (QED) is 0.870. The third-order valence-electron chi connectivity index (χ3n) is 3.12. The molecule has 0 spiro atoms. The molecule has 0 saturated carbocycles. The van der Waals surface area contributed by atoms with Crippen molar-refractivity contribution in [3.05, 3.63) is 71.0 Å². The highest BCUT2D eigenvalue weighted by atomic mass is 19.1. The molecule has 2 aromatic rings. The lowest BCUT2D eigenvalue weighted by Crippen LogP contribution is -2.01. The van der Waals surface area contributed by atoms with Gasteiger partial charge in [0.15, 0.2) is 0 Å². The average Bonchev–Trinajstić information content (AvgIpc) is 2.40. The molecule has 1 unspecified atom stereocenters. The number of halogens is 1. The Labute approximate surface area is 107 Å². The number of aliphatic hydroxyl groups is 1. The summed E-state index contributed by atoms with van der Waals surface area (Å²) in [4.78, 5) is 0. The predicted octanol–water partition coefficient (Wildman–Crippen LogP) is 3.66. The van der Waals surface area contributed by atoms with Crippen LogP contribution in [0.3, 0.4) is 0 Å². The lowest BCUT2D eigenvalue weighted by Gasteiger charge is -2.11. The van der Waals surface area contributed by atoms with Gasteiger partial charge >= 0.3 is 0 Å². The van der Waals surface area contributed by atoms with Crippen molar-refractivity contribution in [2.45, 2.75) is 25.9 Å². The van der Waals surface area contributed by atoms with Crippen LogP contribution in [0.2, 0.25) is 0 Å². The van der Waals surface area contributed by atoms with Crippen LogP contribution in [0, 0.1) is 5.82 Å². The first-order chi connectivity index (χ1) is 8.69. The van der Waals surface area contributed by atoms with E-state index in [0.29, 0.717) is 6.42 Å². The second-order valence-corrected chi connectivity index (χ2v) is 4.44. The summed E-state index contributed by atoms with van der Waals surface area (Å²) in [6, 6.07) is 14.2. The summed E-state index contributed by atoms with van der Waals surface area (Å²) in [7, 11) is 0. The van der Waals surface area contributed by atoms with Crippen LogP contribution >= 0.6 is 0 Å². The molecular weight excluding hydrogens is 227 g/mol. The second kappa shape index (κ2) is 5.78. The van der Waals surface area contributed by atoms with E-state index in [9.17, 15) is 9.50 Å². The van der Waals surface area contributed by atoms with Gasteiger partial charge < -0.3 is 5.11 Å². The molecule has 94 valence electrons. The molecule has 0 aromatic heterocycles. The van der Waals surface area contributed by atoms with Gasteiger partial charge in [-0.15, -0.1) is 0 Å². The SMILES string of the molecule is CCc1ccc(CC(O)c2ccc(F)cc2)cc1. The van der Waals surface area contributed by atoms with E-state index in [0.717, 1.165) is 17.5 Å². The zero-order valence-corrected chi connectivity index (χ0v) is 10.4. The van der Waals surface area contributed by atoms with Crippen molar-refractivity contribution in [3.63, 3.8) is 0 Å². The summed E-state index contributed by atoms with van der Waals surface area (Å²) >= 11 is 0. The Balaban J connectivity index is 2.05. The van der Waals surface area contributed by atoms with Crippen LogP contribution in [0.1, 0.15) is 29.7 Å². The minimum absolute atomic E-state index is 0.279. The van der Waals surface area contributed by atoms with Gasteiger partial charge in [0.25, 0.3) is 0 Å². The summed E-state index contributed by atoms with van der Waals surface area (Å²) in [6.45, 7) is 2.11. The fourth-order valence-corrected chi connectivity index (χ4v) is 1.94. The fraction of sp³-hybridized carbons (Fsp3) is 0.250. The van der Waals surface area contributed by atoms with E-state index in [1.807, 2.05) is 12.1 Å². The van der Waals surface area contributed by atoms with Crippen LogP contribution < -0.4 is 0 Å². The normalized spacial score (nSPS) is 12.4. The van der Waals surface area contributed by atoms with Gasteiger partial charge in [-0.25, -0.2) is 4.39 Å². The van der Waals surface area contributed by atoms with E-state index in [-0.39, 0.29) is 5.82 Å². The van der Waals surface area contributed by atoms with Crippen molar-refractivity contribution >= 4 is 0 Å². The van der Waals surface area contributed by atoms with Gasteiger partial charge in [0.05, 0.1) is 6.10 Å². The maximum absolute atomic E-state index is 12.8. The lowest BCUT2D eigenvalue weighted by molar-refractivity contribution is 0.178. The molecule has 2 rings (SSSR count). The third kappa shape index (κ3) is 3.17. The molecule has 2 aromatic carbocycles. The average molecular weight is 244 g/mol.